The number of carbonyl (C=O) groups excluding carboxylic acids is 1. The van der Waals surface area contributed by atoms with Crippen LogP contribution in [-0.4, -0.2) is 30.1 Å². The first-order chi connectivity index (χ1) is 11.6. The maximum absolute atomic E-state index is 11.9. The molecule has 1 aliphatic rings. The summed E-state index contributed by atoms with van der Waals surface area (Å²) in [5.41, 5.74) is 1.25. The number of rotatable bonds is 8. The Kier molecular flexibility index (Phi) is 7.09. The van der Waals surface area contributed by atoms with Crippen molar-refractivity contribution in [2.24, 2.45) is 11.8 Å². The maximum Gasteiger partial charge on any atom is 0.306 e. The molecule has 2 rings (SSSR count). The van der Waals surface area contributed by atoms with Gasteiger partial charge in [-0.3, -0.25) is 9.59 Å². The Bertz CT molecular complexity index is 541. The van der Waals surface area contributed by atoms with Crippen LogP contribution >= 0.6 is 0 Å². The van der Waals surface area contributed by atoms with Crippen molar-refractivity contribution in [1.82, 2.24) is 5.32 Å². The number of carboxylic acid groups (broad SMARTS) is 1. The molecule has 1 aromatic rings. The number of hydrogen-bond donors (Lipinski definition) is 2. The zero-order chi connectivity index (χ0) is 17.4. The minimum Gasteiger partial charge on any atom is -0.493 e. The van der Waals surface area contributed by atoms with Gasteiger partial charge in [0.05, 0.1) is 18.9 Å². The number of amides is 1. The minimum atomic E-state index is -0.743. The lowest BCUT2D eigenvalue weighted by molar-refractivity contribution is -0.145. The Balaban J connectivity index is 1.68. The molecule has 2 N–H and O–H groups in total. The molecule has 0 saturated heterocycles. The lowest BCUT2D eigenvalue weighted by Crippen LogP contribution is -2.37. The smallest absolute Gasteiger partial charge is 0.306 e. The van der Waals surface area contributed by atoms with E-state index >= 15 is 0 Å². The highest BCUT2D eigenvalue weighted by Gasteiger charge is 2.30. The summed E-state index contributed by atoms with van der Waals surface area (Å²) in [7, 11) is 0. The molecule has 1 saturated carbocycles. The van der Waals surface area contributed by atoms with Crippen molar-refractivity contribution in [3.05, 3.63) is 29.8 Å². The number of aliphatic carboxylic acids is 1. The molecule has 1 fully saturated rings. The van der Waals surface area contributed by atoms with E-state index in [0.717, 1.165) is 31.4 Å². The first kappa shape index (κ1) is 18.3. The molecule has 5 heteroatoms. The second kappa shape index (κ2) is 9.30. The predicted molar refractivity (Wildman–Crippen MR) is 92.0 cm³/mol. The number of nitrogens with one attached hydrogen (secondary N) is 1. The van der Waals surface area contributed by atoms with Gasteiger partial charge in [0.15, 0.2) is 0 Å². The fourth-order valence-corrected chi connectivity index (χ4v) is 3.19. The summed E-state index contributed by atoms with van der Waals surface area (Å²) in [6.07, 6.45) is 4.86. The summed E-state index contributed by atoms with van der Waals surface area (Å²) in [6.45, 7) is 2.87. The summed E-state index contributed by atoms with van der Waals surface area (Å²) in [6, 6.07) is 7.86. The normalized spacial score (nSPS) is 20.4. The van der Waals surface area contributed by atoms with Crippen molar-refractivity contribution < 1.29 is 19.4 Å². The Hall–Kier alpha value is -2.04. The van der Waals surface area contributed by atoms with Crippen LogP contribution in [0, 0.1) is 11.8 Å². The molecular weight excluding hydrogens is 306 g/mol. The van der Waals surface area contributed by atoms with E-state index in [0.29, 0.717) is 19.6 Å². The average molecular weight is 333 g/mol. The average Bonchev–Trinajstić information content (AvgIpc) is 2.60. The van der Waals surface area contributed by atoms with Crippen LogP contribution < -0.4 is 10.1 Å². The van der Waals surface area contributed by atoms with Gasteiger partial charge >= 0.3 is 5.97 Å². The third kappa shape index (κ3) is 5.55. The highest BCUT2D eigenvalue weighted by Crippen LogP contribution is 2.29. The third-order valence-electron chi connectivity index (χ3n) is 4.72. The van der Waals surface area contributed by atoms with Crippen molar-refractivity contribution in [3.63, 3.8) is 0 Å². The van der Waals surface area contributed by atoms with Crippen molar-refractivity contribution in [1.29, 1.82) is 0 Å². The molecule has 2 atom stereocenters. The van der Waals surface area contributed by atoms with Gasteiger partial charge in [-0.2, -0.15) is 0 Å². The van der Waals surface area contributed by atoms with Crippen LogP contribution in [-0.2, 0) is 16.0 Å². The maximum atomic E-state index is 11.9. The van der Waals surface area contributed by atoms with Crippen LogP contribution in [0.15, 0.2) is 24.3 Å². The van der Waals surface area contributed by atoms with E-state index in [-0.39, 0.29) is 24.2 Å². The lowest BCUT2D eigenvalue weighted by atomic mass is 9.79. The first-order valence-electron chi connectivity index (χ1n) is 8.81. The fraction of sp³-hybridized carbons (Fsp3) is 0.579. The van der Waals surface area contributed by atoms with Crippen molar-refractivity contribution >= 4 is 11.9 Å². The van der Waals surface area contributed by atoms with Gasteiger partial charge in [0.1, 0.15) is 5.75 Å². The molecule has 0 heterocycles. The predicted octanol–water partition coefficient (Wildman–Crippen LogP) is 3.03. The Morgan fingerprint density at radius 2 is 1.92 bits per heavy atom. The number of hydrogen-bond acceptors (Lipinski definition) is 3. The number of aryl methyl sites for hydroxylation is 1. The molecule has 0 aromatic heterocycles. The highest BCUT2D eigenvalue weighted by molar-refractivity contribution is 5.76. The molecule has 0 unspecified atom stereocenters. The summed E-state index contributed by atoms with van der Waals surface area (Å²) in [4.78, 5) is 23.2. The SMILES string of the molecule is CCc1ccc(OCCC(=O)NC[C@@H]2CCCC[C@@H]2C(=O)O)cc1. The van der Waals surface area contributed by atoms with Crippen LogP contribution in [0.5, 0.6) is 5.75 Å². The van der Waals surface area contributed by atoms with Crippen LogP contribution in [0.3, 0.4) is 0 Å². The molecule has 24 heavy (non-hydrogen) atoms. The molecule has 0 aliphatic heterocycles. The van der Waals surface area contributed by atoms with E-state index < -0.39 is 5.97 Å². The minimum absolute atomic E-state index is 0.0442. The summed E-state index contributed by atoms with van der Waals surface area (Å²) in [5, 5.41) is 12.1. The number of carboxylic acids is 1. The molecule has 1 aliphatic carbocycles. The molecular formula is C19H27NO4. The Labute approximate surface area is 143 Å². The van der Waals surface area contributed by atoms with Crippen molar-refractivity contribution in [2.75, 3.05) is 13.2 Å². The van der Waals surface area contributed by atoms with Gasteiger partial charge in [-0.05, 0) is 42.9 Å². The summed E-state index contributed by atoms with van der Waals surface area (Å²) >= 11 is 0. The Morgan fingerprint density at radius 1 is 1.21 bits per heavy atom. The zero-order valence-corrected chi connectivity index (χ0v) is 14.3. The van der Waals surface area contributed by atoms with Crippen LogP contribution in [0.1, 0.15) is 44.6 Å². The first-order valence-corrected chi connectivity index (χ1v) is 8.81. The van der Waals surface area contributed by atoms with E-state index in [9.17, 15) is 14.7 Å². The molecule has 5 nitrogen and oxygen atoms in total. The molecule has 0 radical (unpaired) electrons. The fourth-order valence-electron chi connectivity index (χ4n) is 3.19. The third-order valence-corrected chi connectivity index (χ3v) is 4.72. The molecule has 0 spiro atoms. The molecule has 1 amide bonds. The Morgan fingerprint density at radius 3 is 2.58 bits per heavy atom. The molecule has 1 aromatic carbocycles. The summed E-state index contributed by atoms with van der Waals surface area (Å²) < 4.78 is 5.57. The highest BCUT2D eigenvalue weighted by atomic mass is 16.5. The van der Waals surface area contributed by atoms with E-state index in [4.69, 9.17) is 4.74 Å². The molecule has 132 valence electrons. The van der Waals surface area contributed by atoms with Crippen LogP contribution in [0.25, 0.3) is 0 Å². The van der Waals surface area contributed by atoms with Crippen LogP contribution in [0.2, 0.25) is 0 Å². The topological polar surface area (TPSA) is 75.6 Å². The monoisotopic (exact) mass is 333 g/mol. The van der Waals surface area contributed by atoms with Gasteiger partial charge in [0.25, 0.3) is 0 Å². The van der Waals surface area contributed by atoms with E-state index in [1.807, 2.05) is 24.3 Å². The van der Waals surface area contributed by atoms with E-state index in [2.05, 4.69) is 12.2 Å². The van der Waals surface area contributed by atoms with Crippen molar-refractivity contribution in [3.8, 4) is 5.75 Å². The largest absolute Gasteiger partial charge is 0.493 e. The van der Waals surface area contributed by atoms with Gasteiger partial charge in [-0.1, -0.05) is 31.9 Å². The molecule has 0 bridgehead atoms. The van der Waals surface area contributed by atoms with E-state index in [1.165, 1.54) is 5.56 Å². The van der Waals surface area contributed by atoms with Gasteiger partial charge in [-0.15, -0.1) is 0 Å². The van der Waals surface area contributed by atoms with Crippen LogP contribution in [0.4, 0.5) is 0 Å². The number of benzene rings is 1. The van der Waals surface area contributed by atoms with Gasteiger partial charge in [0, 0.05) is 6.54 Å². The van der Waals surface area contributed by atoms with Crippen molar-refractivity contribution in [2.45, 2.75) is 45.4 Å². The second-order valence-electron chi connectivity index (χ2n) is 6.39. The van der Waals surface area contributed by atoms with Gasteiger partial charge < -0.3 is 15.2 Å². The summed E-state index contributed by atoms with van der Waals surface area (Å²) in [5.74, 6) is -0.351. The van der Waals surface area contributed by atoms with E-state index in [1.54, 1.807) is 0 Å². The standard InChI is InChI=1S/C19H27NO4/c1-2-14-7-9-16(10-8-14)24-12-11-18(21)20-13-15-5-3-4-6-17(15)19(22)23/h7-10,15,17H,2-6,11-13H2,1H3,(H,20,21)(H,22,23)/t15-,17-/m0/s1. The lowest BCUT2D eigenvalue weighted by Gasteiger charge is -2.28. The number of ether oxygens (including phenoxy) is 1. The quantitative estimate of drug-likeness (QED) is 0.767. The zero-order valence-electron chi connectivity index (χ0n) is 14.3. The van der Waals surface area contributed by atoms with Gasteiger partial charge in [0.2, 0.25) is 5.91 Å². The van der Waals surface area contributed by atoms with Gasteiger partial charge in [-0.25, -0.2) is 0 Å². The second-order valence-corrected chi connectivity index (χ2v) is 6.39. The number of carbonyl (C=O) groups is 2.